The second-order valence-electron chi connectivity index (χ2n) is 4.44. The lowest BCUT2D eigenvalue weighted by atomic mass is 9.58. The van der Waals surface area contributed by atoms with E-state index in [1.54, 1.807) is 14.0 Å². The third kappa shape index (κ3) is 1.10. The van der Waals surface area contributed by atoms with E-state index in [1.165, 1.54) is 6.42 Å². The summed E-state index contributed by atoms with van der Waals surface area (Å²) in [5, 5.41) is 0. The van der Waals surface area contributed by atoms with E-state index in [1.807, 2.05) is 4.90 Å². The fraction of sp³-hybridized carbons (Fsp3) is 0.900. The second-order valence-corrected chi connectivity index (χ2v) is 4.44. The first-order valence-electron chi connectivity index (χ1n) is 4.88. The normalized spacial score (nSPS) is 42.8. The number of hydrogen-bond acceptors (Lipinski definition) is 2. The van der Waals surface area contributed by atoms with E-state index in [0.29, 0.717) is 11.8 Å². The molecule has 3 rings (SSSR count). The Morgan fingerprint density at radius 3 is 2.38 bits per heavy atom. The van der Waals surface area contributed by atoms with Crippen LogP contribution in [0.3, 0.4) is 0 Å². The summed E-state index contributed by atoms with van der Waals surface area (Å²) in [4.78, 5) is 13.1. The molecule has 3 heteroatoms. The van der Waals surface area contributed by atoms with Crippen molar-refractivity contribution in [2.75, 3.05) is 20.2 Å². The van der Waals surface area contributed by atoms with E-state index in [2.05, 4.69) is 6.92 Å². The minimum atomic E-state index is 0.0476. The zero-order chi connectivity index (χ0) is 9.64. The molecule has 74 valence electrons. The first-order chi connectivity index (χ1) is 6.08. The number of rotatable bonds is 1. The zero-order valence-electron chi connectivity index (χ0n) is 8.54. The molecule has 0 spiro atoms. The lowest BCUT2D eigenvalue weighted by molar-refractivity contribution is -0.203. The largest absolute Gasteiger partial charge is 0.378 e. The van der Waals surface area contributed by atoms with Crippen LogP contribution in [0.1, 0.15) is 20.3 Å². The van der Waals surface area contributed by atoms with E-state index in [9.17, 15) is 4.79 Å². The fourth-order valence-corrected chi connectivity index (χ4v) is 2.69. The van der Waals surface area contributed by atoms with Crippen molar-refractivity contribution in [2.45, 2.75) is 25.9 Å². The van der Waals surface area contributed by atoms with Crippen molar-refractivity contribution in [1.29, 1.82) is 0 Å². The molecule has 1 amide bonds. The van der Waals surface area contributed by atoms with Gasteiger partial charge in [0, 0.05) is 39.0 Å². The molecule has 13 heavy (non-hydrogen) atoms. The van der Waals surface area contributed by atoms with Gasteiger partial charge in [-0.05, 0) is 13.3 Å². The molecule has 2 bridgehead atoms. The van der Waals surface area contributed by atoms with Crippen LogP contribution in [0.4, 0.5) is 0 Å². The Hall–Kier alpha value is -0.570. The molecule has 2 saturated heterocycles. The summed E-state index contributed by atoms with van der Waals surface area (Å²) in [7, 11) is 1.78. The van der Waals surface area contributed by atoms with E-state index in [-0.39, 0.29) is 11.5 Å². The summed E-state index contributed by atoms with van der Waals surface area (Å²) < 4.78 is 5.53. The highest BCUT2D eigenvalue weighted by Crippen LogP contribution is 2.50. The lowest BCUT2D eigenvalue weighted by Crippen LogP contribution is -2.66. The lowest BCUT2D eigenvalue weighted by Gasteiger charge is -2.59. The zero-order valence-corrected chi connectivity index (χ0v) is 8.54. The maximum atomic E-state index is 11.1. The fourth-order valence-electron chi connectivity index (χ4n) is 2.69. The van der Waals surface area contributed by atoms with Crippen LogP contribution in [0.2, 0.25) is 0 Å². The molecule has 0 radical (unpaired) electrons. The highest BCUT2D eigenvalue weighted by molar-refractivity contribution is 5.73. The van der Waals surface area contributed by atoms with Crippen LogP contribution in [-0.4, -0.2) is 36.6 Å². The van der Waals surface area contributed by atoms with Crippen LogP contribution in [0.5, 0.6) is 0 Å². The van der Waals surface area contributed by atoms with Gasteiger partial charge in [0.25, 0.3) is 0 Å². The van der Waals surface area contributed by atoms with Crippen LogP contribution >= 0.6 is 0 Å². The molecule has 1 saturated carbocycles. The van der Waals surface area contributed by atoms with Gasteiger partial charge >= 0.3 is 0 Å². The van der Waals surface area contributed by atoms with Gasteiger partial charge in [-0.25, -0.2) is 0 Å². The number of carbonyl (C=O) groups excluding carboxylic acids is 1. The summed E-state index contributed by atoms with van der Waals surface area (Å²) in [5.74, 6) is 1.31. The van der Waals surface area contributed by atoms with Crippen LogP contribution in [0.25, 0.3) is 0 Å². The van der Waals surface area contributed by atoms with Crippen LogP contribution in [0, 0.1) is 11.8 Å². The van der Waals surface area contributed by atoms with E-state index < -0.39 is 0 Å². The van der Waals surface area contributed by atoms with Crippen LogP contribution in [0.15, 0.2) is 0 Å². The highest BCUT2D eigenvalue weighted by atomic mass is 16.5. The highest BCUT2D eigenvalue weighted by Gasteiger charge is 2.56. The Morgan fingerprint density at radius 1 is 1.46 bits per heavy atom. The topological polar surface area (TPSA) is 29.5 Å². The SMILES string of the molecule is COC1(C)C2CC1CN(C(C)=O)C2. The van der Waals surface area contributed by atoms with Crippen LogP contribution in [-0.2, 0) is 9.53 Å². The Balaban J connectivity index is 2.06. The average Bonchev–Trinajstić information content (AvgIpc) is 2.16. The molecule has 0 aromatic rings. The van der Waals surface area contributed by atoms with Gasteiger partial charge in [0.15, 0.2) is 0 Å². The molecule has 0 aromatic carbocycles. The third-order valence-electron chi connectivity index (χ3n) is 3.96. The number of amides is 1. The predicted octanol–water partition coefficient (Wildman–Crippen LogP) is 0.890. The first-order valence-corrected chi connectivity index (χ1v) is 4.88. The van der Waals surface area contributed by atoms with Gasteiger partial charge in [0.05, 0.1) is 5.60 Å². The van der Waals surface area contributed by atoms with Crippen LogP contribution < -0.4 is 0 Å². The minimum Gasteiger partial charge on any atom is -0.378 e. The number of methoxy groups -OCH3 is 1. The van der Waals surface area contributed by atoms with Crippen molar-refractivity contribution in [2.24, 2.45) is 11.8 Å². The molecule has 2 unspecified atom stereocenters. The monoisotopic (exact) mass is 183 g/mol. The van der Waals surface area contributed by atoms with Gasteiger partial charge in [0.2, 0.25) is 5.91 Å². The molecular weight excluding hydrogens is 166 g/mol. The van der Waals surface area contributed by atoms with Crippen molar-refractivity contribution in [1.82, 2.24) is 4.90 Å². The van der Waals surface area contributed by atoms with Gasteiger partial charge in [-0.2, -0.15) is 0 Å². The van der Waals surface area contributed by atoms with Crippen molar-refractivity contribution >= 4 is 5.91 Å². The Kier molecular flexibility index (Phi) is 1.88. The van der Waals surface area contributed by atoms with E-state index in [4.69, 9.17) is 4.74 Å². The first kappa shape index (κ1) is 9.00. The molecule has 3 fully saturated rings. The third-order valence-corrected chi connectivity index (χ3v) is 3.96. The Labute approximate surface area is 79.0 Å². The second kappa shape index (κ2) is 2.71. The predicted molar refractivity (Wildman–Crippen MR) is 49.3 cm³/mol. The maximum absolute atomic E-state index is 11.1. The molecular formula is C10H17NO2. The number of piperidine rings is 2. The molecule has 2 aliphatic heterocycles. The smallest absolute Gasteiger partial charge is 0.219 e. The molecule has 3 aliphatic rings. The number of fused-ring (bicyclic) bond motifs is 2. The van der Waals surface area contributed by atoms with Gasteiger partial charge in [-0.1, -0.05) is 0 Å². The van der Waals surface area contributed by atoms with E-state index in [0.717, 1.165) is 13.1 Å². The van der Waals surface area contributed by atoms with Crippen molar-refractivity contribution in [3.8, 4) is 0 Å². The summed E-state index contributed by atoms with van der Waals surface area (Å²) in [6.45, 7) is 5.59. The Bertz CT molecular complexity index is 227. The van der Waals surface area contributed by atoms with Crippen molar-refractivity contribution in [3.05, 3.63) is 0 Å². The van der Waals surface area contributed by atoms with E-state index >= 15 is 0 Å². The number of hydrogen-bond donors (Lipinski definition) is 0. The number of carbonyl (C=O) groups is 1. The summed E-state index contributed by atoms with van der Waals surface area (Å²) >= 11 is 0. The quantitative estimate of drug-likeness (QED) is 0.604. The number of ether oxygens (including phenoxy) is 1. The van der Waals surface area contributed by atoms with Gasteiger partial charge < -0.3 is 9.64 Å². The molecule has 1 aliphatic carbocycles. The van der Waals surface area contributed by atoms with Gasteiger partial charge in [-0.15, -0.1) is 0 Å². The van der Waals surface area contributed by atoms with Gasteiger partial charge in [0.1, 0.15) is 0 Å². The summed E-state index contributed by atoms with van der Waals surface area (Å²) in [6, 6.07) is 0. The van der Waals surface area contributed by atoms with Crippen molar-refractivity contribution < 1.29 is 9.53 Å². The molecule has 0 aromatic heterocycles. The minimum absolute atomic E-state index is 0.0476. The molecule has 2 heterocycles. The van der Waals surface area contributed by atoms with Crippen molar-refractivity contribution in [3.63, 3.8) is 0 Å². The maximum Gasteiger partial charge on any atom is 0.219 e. The average molecular weight is 183 g/mol. The Morgan fingerprint density at radius 2 is 2.00 bits per heavy atom. The molecule has 0 N–H and O–H groups in total. The summed E-state index contributed by atoms with van der Waals surface area (Å²) in [5.41, 5.74) is 0.0476. The summed E-state index contributed by atoms with van der Waals surface area (Å²) in [6.07, 6.45) is 1.23. The standard InChI is InChI=1S/C10H17NO2/c1-7(12)11-5-8-4-9(6-11)10(8,2)13-3/h8-9H,4-6H2,1-3H3. The van der Waals surface area contributed by atoms with Gasteiger partial charge in [-0.3, -0.25) is 4.79 Å². The molecule has 3 nitrogen and oxygen atoms in total. The number of nitrogens with zero attached hydrogens (tertiary/aromatic N) is 1. The molecule has 2 atom stereocenters.